The molecule has 3 rings (SSSR count). The Labute approximate surface area is 236 Å². The van der Waals surface area contributed by atoms with E-state index in [2.05, 4.69) is 124 Å². The first-order chi connectivity index (χ1) is 13.9. The van der Waals surface area contributed by atoms with E-state index in [4.69, 9.17) is 0 Å². The molecule has 0 radical (unpaired) electrons. The van der Waals surface area contributed by atoms with E-state index in [0.29, 0.717) is 5.54 Å². The normalized spacial score (nSPS) is 16.5. The van der Waals surface area contributed by atoms with Gasteiger partial charge in [-0.15, -0.1) is 0 Å². The van der Waals surface area contributed by atoms with E-state index < -0.39 is 17.6 Å². The van der Waals surface area contributed by atoms with Gasteiger partial charge in [0.15, 0.2) is 0 Å². The summed E-state index contributed by atoms with van der Waals surface area (Å²) in [4.78, 5) is 0. The van der Waals surface area contributed by atoms with Crippen molar-refractivity contribution in [3.63, 3.8) is 0 Å². The first-order valence-electron chi connectivity index (χ1n) is 11.1. The SMILES string of the molecule is CC1=C(C)[C]([Ti+3])(C([SiH2]c2cc(C)cc([Si](C)(C)C)c2)c2cccc(C)c2)C(C)=C1C.[Cl-].[Cl-].[Cl-]. The maximum atomic E-state index is 2.57. The maximum absolute atomic E-state index is 2.57. The Morgan fingerprint density at radius 2 is 1.30 bits per heavy atom. The van der Waals surface area contributed by atoms with Crippen LogP contribution in [0.5, 0.6) is 0 Å². The number of allylic oxidation sites excluding steroid dienone is 4. The minimum atomic E-state index is -1.33. The Hall–Kier alpha value is -0.0619. The van der Waals surface area contributed by atoms with Gasteiger partial charge in [-0.2, -0.15) is 0 Å². The monoisotopic (exact) mass is 570 g/mol. The zero-order chi connectivity index (χ0) is 22.4. The van der Waals surface area contributed by atoms with E-state index in [1.165, 1.54) is 27.8 Å². The molecule has 1 aliphatic rings. The molecule has 0 fully saturated rings. The smallest absolute Gasteiger partial charge is 1.00 e. The molecule has 1 aliphatic carbocycles. The molecular weight excluding hydrogens is 535 g/mol. The maximum Gasteiger partial charge on any atom is -1.00 e. The molecule has 0 spiro atoms. The van der Waals surface area contributed by atoms with Gasteiger partial charge >= 0.3 is 200 Å². The zero-order valence-electron chi connectivity index (χ0n) is 21.5. The molecule has 0 saturated heterocycles. The van der Waals surface area contributed by atoms with Crippen molar-refractivity contribution in [3.8, 4) is 0 Å². The van der Waals surface area contributed by atoms with Crippen LogP contribution in [0.2, 0.25) is 23.4 Å². The van der Waals surface area contributed by atoms with Crippen molar-refractivity contribution < 1.29 is 57.7 Å². The van der Waals surface area contributed by atoms with Crippen LogP contribution in [0.1, 0.15) is 49.9 Å². The third kappa shape index (κ3) is 6.58. The second-order valence-electron chi connectivity index (χ2n) is 10.4. The third-order valence-electron chi connectivity index (χ3n) is 7.28. The predicted molar refractivity (Wildman–Crippen MR) is 136 cm³/mol. The largest absolute Gasteiger partial charge is 1.00 e. The first kappa shape index (κ1) is 32.9. The third-order valence-corrected chi connectivity index (χ3v) is 14.0. The van der Waals surface area contributed by atoms with Gasteiger partial charge in [0.2, 0.25) is 0 Å². The number of rotatable bonds is 5. The van der Waals surface area contributed by atoms with Crippen molar-refractivity contribution in [2.45, 2.75) is 70.4 Å². The zero-order valence-corrected chi connectivity index (χ0v) is 27.7. The molecule has 2 aromatic rings. The second kappa shape index (κ2) is 12.3. The van der Waals surface area contributed by atoms with Gasteiger partial charge in [0.25, 0.3) is 0 Å². The van der Waals surface area contributed by atoms with Crippen LogP contribution in [0.15, 0.2) is 64.8 Å². The quantitative estimate of drug-likeness (QED) is 0.332. The number of hydrogen-bond acceptors (Lipinski definition) is 0. The number of aryl methyl sites for hydroxylation is 2. The summed E-state index contributed by atoms with van der Waals surface area (Å²) in [6, 6.07) is 16.8. The molecule has 0 bridgehead atoms. The summed E-state index contributed by atoms with van der Waals surface area (Å²) in [7, 11) is -1.88. The molecule has 0 N–H and O–H groups in total. The van der Waals surface area contributed by atoms with Crippen LogP contribution in [-0.2, 0) is 20.4 Å². The average Bonchev–Trinajstić information content (AvgIpc) is 2.81. The summed E-state index contributed by atoms with van der Waals surface area (Å²) in [5.74, 6) is 0. The minimum absolute atomic E-state index is 0. The molecule has 1 atom stereocenters. The van der Waals surface area contributed by atoms with Crippen LogP contribution in [0.25, 0.3) is 0 Å². The first-order valence-corrected chi connectivity index (χ1v) is 16.9. The van der Waals surface area contributed by atoms with Crippen molar-refractivity contribution in [1.29, 1.82) is 0 Å². The molecule has 0 heterocycles. The topological polar surface area (TPSA) is 0 Å². The van der Waals surface area contributed by atoms with Crippen LogP contribution < -0.4 is 47.6 Å². The molecule has 0 aliphatic heterocycles. The van der Waals surface area contributed by atoms with Gasteiger partial charge in [0.05, 0.1) is 0 Å². The van der Waals surface area contributed by atoms with Gasteiger partial charge < -0.3 is 37.2 Å². The fourth-order valence-corrected chi connectivity index (χ4v) is 10.5. The summed E-state index contributed by atoms with van der Waals surface area (Å²) in [5.41, 5.74) is 11.1. The summed E-state index contributed by atoms with van der Waals surface area (Å²) < 4.78 is 0.122. The van der Waals surface area contributed by atoms with Gasteiger partial charge in [-0.25, -0.2) is 0 Å². The average molecular weight is 572 g/mol. The molecule has 6 heteroatoms. The minimum Gasteiger partial charge on any atom is -1.00 e. The molecule has 0 amide bonds. The van der Waals surface area contributed by atoms with E-state index in [0.717, 1.165) is 0 Å². The molecule has 2 aromatic carbocycles. The number of benzene rings is 2. The Morgan fingerprint density at radius 1 is 0.758 bits per heavy atom. The summed E-state index contributed by atoms with van der Waals surface area (Å²) >= 11 is 2.52. The van der Waals surface area contributed by atoms with Crippen LogP contribution in [0, 0.1) is 13.8 Å². The molecule has 0 aromatic heterocycles. The van der Waals surface area contributed by atoms with E-state index in [1.807, 2.05) is 0 Å². The van der Waals surface area contributed by atoms with Crippen LogP contribution in [0.4, 0.5) is 0 Å². The van der Waals surface area contributed by atoms with Crippen molar-refractivity contribution in [3.05, 3.63) is 81.4 Å². The van der Waals surface area contributed by atoms with Crippen molar-refractivity contribution in [2.75, 3.05) is 0 Å². The van der Waals surface area contributed by atoms with Crippen LogP contribution in [-0.4, -0.2) is 17.6 Å². The van der Waals surface area contributed by atoms with E-state index in [-0.39, 0.29) is 40.9 Å². The second-order valence-corrected chi connectivity index (χ2v) is 18.8. The standard InChI is InChI=1S/C27H37Si2.3ClH.Ti/c1-17-11-10-12-23(13-17)27(26-21(5)19(3)20(4)22(26)6)28-24-14-18(2)15-25(16-24)29(7,8)9;;;;/h10-16,27H,28H2,1-9H3;3*1H;/q;;;;+3/p-3. The fraction of sp³-hybridized carbons (Fsp3) is 0.407. The fourth-order valence-electron chi connectivity index (χ4n) is 5.01. The van der Waals surface area contributed by atoms with E-state index in [1.54, 1.807) is 21.5 Å². The van der Waals surface area contributed by atoms with Crippen molar-refractivity contribution in [2.24, 2.45) is 0 Å². The van der Waals surface area contributed by atoms with Crippen molar-refractivity contribution in [1.82, 2.24) is 0 Å². The predicted octanol–water partition coefficient (Wildman–Crippen LogP) is -3.21. The van der Waals surface area contributed by atoms with E-state index >= 15 is 0 Å². The van der Waals surface area contributed by atoms with Gasteiger partial charge in [-0.3, -0.25) is 0 Å². The molecule has 0 nitrogen and oxygen atoms in total. The number of hydrogen-bond donors (Lipinski definition) is 0. The Morgan fingerprint density at radius 3 is 1.79 bits per heavy atom. The Bertz CT molecular complexity index is 1030. The molecule has 1 unspecified atom stereocenters. The van der Waals surface area contributed by atoms with Gasteiger partial charge in [-0.05, 0) is 0 Å². The molecule has 0 saturated carbocycles. The summed E-state index contributed by atoms with van der Waals surface area (Å²) in [6.07, 6.45) is 0. The Balaban J connectivity index is 0.00000341. The van der Waals surface area contributed by atoms with Crippen molar-refractivity contribution >= 4 is 28.0 Å². The van der Waals surface area contributed by atoms with Gasteiger partial charge in [-0.1, -0.05) is 0 Å². The summed E-state index contributed by atoms with van der Waals surface area (Å²) in [5, 5.41) is 3.24. The molecular formula is C27H37Cl3Si2Ti. The van der Waals surface area contributed by atoms with Crippen LogP contribution >= 0.6 is 0 Å². The Kier molecular flexibility index (Phi) is 12.2. The molecule has 178 valence electrons. The molecule has 33 heavy (non-hydrogen) atoms. The van der Waals surface area contributed by atoms with Crippen LogP contribution in [0.3, 0.4) is 0 Å². The van der Waals surface area contributed by atoms with Gasteiger partial charge in [0, 0.05) is 0 Å². The van der Waals surface area contributed by atoms with Gasteiger partial charge in [0.1, 0.15) is 0 Å². The van der Waals surface area contributed by atoms with E-state index in [9.17, 15) is 0 Å². The number of halogens is 3. The summed E-state index contributed by atoms with van der Waals surface area (Å²) in [6.45, 7) is 21.3.